The predicted molar refractivity (Wildman–Crippen MR) is 119 cm³/mol. The average molecular weight is 400 g/mol. The van der Waals surface area contributed by atoms with Crippen LogP contribution in [0.4, 0.5) is 0 Å². The molecule has 0 aliphatic carbocycles. The molecule has 0 atom stereocenters. The molecule has 0 fully saturated rings. The summed E-state index contributed by atoms with van der Waals surface area (Å²) < 4.78 is 5.48. The normalized spacial score (nSPS) is 11.0. The summed E-state index contributed by atoms with van der Waals surface area (Å²) >= 11 is 0. The third kappa shape index (κ3) is 5.58. The minimum Gasteiger partial charge on any atom is -0.494 e. The summed E-state index contributed by atoms with van der Waals surface area (Å²) in [6.45, 7) is 2.88. The van der Waals surface area contributed by atoms with E-state index in [0.29, 0.717) is 24.3 Å². The van der Waals surface area contributed by atoms with Crippen molar-refractivity contribution in [1.82, 2.24) is 5.32 Å². The number of hydrogen-bond acceptors (Lipinski definition) is 3. The fourth-order valence-corrected chi connectivity index (χ4v) is 2.96. The topological polar surface area (TPSA) is 81.4 Å². The summed E-state index contributed by atoms with van der Waals surface area (Å²) in [4.78, 5) is 24.2. The molecule has 0 aliphatic rings. The molecule has 3 aromatic rings. The number of amides is 2. The summed E-state index contributed by atoms with van der Waals surface area (Å²) in [7, 11) is 0. The number of carbonyl (C=O) groups excluding carboxylic acids is 2. The van der Waals surface area contributed by atoms with Crippen molar-refractivity contribution in [2.24, 2.45) is 5.73 Å². The molecule has 30 heavy (non-hydrogen) atoms. The van der Waals surface area contributed by atoms with E-state index in [1.165, 1.54) is 0 Å². The first-order chi connectivity index (χ1) is 14.6. The summed E-state index contributed by atoms with van der Waals surface area (Å²) in [5.41, 5.74) is 8.87. The second kappa shape index (κ2) is 10.1. The molecule has 0 saturated carbocycles. The van der Waals surface area contributed by atoms with Gasteiger partial charge < -0.3 is 15.8 Å². The van der Waals surface area contributed by atoms with Crippen molar-refractivity contribution in [1.29, 1.82) is 0 Å². The maximum atomic E-state index is 13.0. The van der Waals surface area contributed by atoms with Gasteiger partial charge in [0.1, 0.15) is 5.75 Å². The number of nitrogens with one attached hydrogen (secondary N) is 1. The molecule has 3 N–H and O–H groups in total. The average Bonchev–Trinajstić information content (AvgIpc) is 2.78. The third-order valence-electron chi connectivity index (χ3n) is 4.52. The van der Waals surface area contributed by atoms with Crippen molar-refractivity contribution in [3.8, 4) is 5.75 Å². The molecule has 3 rings (SSSR count). The van der Waals surface area contributed by atoms with Crippen LogP contribution >= 0.6 is 0 Å². The standard InChI is InChI=1S/C25H24N2O3/c1-2-30-22-14-10-18(11-15-22)16-23(20-6-4-3-5-7-20)25(29)27-17-19-8-12-21(13-9-19)24(26)28/h3-16H,2,17H2,1H3,(H2,26,28)(H,27,29)/b23-16+. The second-order valence-corrected chi connectivity index (χ2v) is 6.67. The monoisotopic (exact) mass is 400 g/mol. The van der Waals surface area contributed by atoms with Crippen LogP contribution in [0.2, 0.25) is 0 Å². The highest BCUT2D eigenvalue weighted by molar-refractivity contribution is 6.24. The van der Waals surface area contributed by atoms with Crippen molar-refractivity contribution < 1.29 is 14.3 Å². The zero-order chi connectivity index (χ0) is 21.3. The first-order valence-corrected chi connectivity index (χ1v) is 9.73. The smallest absolute Gasteiger partial charge is 0.252 e. The lowest BCUT2D eigenvalue weighted by atomic mass is 10.0. The lowest BCUT2D eigenvalue weighted by Gasteiger charge is -2.11. The van der Waals surface area contributed by atoms with Crippen LogP contribution in [-0.2, 0) is 11.3 Å². The van der Waals surface area contributed by atoms with E-state index in [0.717, 1.165) is 22.4 Å². The summed E-state index contributed by atoms with van der Waals surface area (Å²) in [5.74, 6) is 0.129. The van der Waals surface area contributed by atoms with Gasteiger partial charge in [0, 0.05) is 17.7 Å². The van der Waals surface area contributed by atoms with Gasteiger partial charge in [0.2, 0.25) is 5.91 Å². The number of nitrogens with two attached hydrogens (primary N) is 1. The zero-order valence-corrected chi connectivity index (χ0v) is 16.8. The molecule has 5 nitrogen and oxygen atoms in total. The summed E-state index contributed by atoms with van der Waals surface area (Å²) in [5, 5.41) is 2.95. The molecule has 3 aromatic carbocycles. The Balaban J connectivity index is 1.79. The van der Waals surface area contributed by atoms with E-state index in [-0.39, 0.29) is 5.91 Å². The molecule has 2 amide bonds. The predicted octanol–water partition coefficient (Wildman–Crippen LogP) is 4.04. The van der Waals surface area contributed by atoms with E-state index >= 15 is 0 Å². The van der Waals surface area contributed by atoms with Crippen molar-refractivity contribution in [3.05, 3.63) is 101 Å². The molecular formula is C25H24N2O3. The number of benzene rings is 3. The Kier molecular flexibility index (Phi) is 7.00. The molecule has 0 bridgehead atoms. The van der Waals surface area contributed by atoms with Crippen LogP contribution in [0, 0.1) is 0 Å². The maximum absolute atomic E-state index is 13.0. The summed E-state index contributed by atoms with van der Waals surface area (Å²) in [6.07, 6.45) is 1.86. The second-order valence-electron chi connectivity index (χ2n) is 6.67. The Labute approximate surface area is 176 Å². The van der Waals surface area contributed by atoms with Gasteiger partial charge in [-0.25, -0.2) is 0 Å². The minimum absolute atomic E-state index is 0.186. The van der Waals surface area contributed by atoms with Crippen molar-refractivity contribution >= 4 is 23.5 Å². The molecule has 0 saturated heterocycles. The van der Waals surface area contributed by atoms with Gasteiger partial charge >= 0.3 is 0 Å². The van der Waals surface area contributed by atoms with Crippen LogP contribution in [0.15, 0.2) is 78.9 Å². The van der Waals surface area contributed by atoms with Crippen LogP contribution in [0.1, 0.15) is 34.0 Å². The van der Waals surface area contributed by atoms with Gasteiger partial charge in [-0.3, -0.25) is 9.59 Å². The number of rotatable bonds is 8. The number of carbonyl (C=O) groups is 2. The van der Waals surface area contributed by atoms with Gasteiger partial charge in [-0.05, 0) is 54.0 Å². The third-order valence-corrected chi connectivity index (χ3v) is 4.52. The largest absolute Gasteiger partial charge is 0.494 e. The molecule has 5 heteroatoms. The van der Waals surface area contributed by atoms with Crippen LogP contribution in [0.25, 0.3) is 11.6 Å². The van der Waals surface area contributed by atoms with E-state index in [2.05, 4.69) is 5.32 Å². The molecule has 0 heterocycles. The quantitative estimate of drug-likeness (QED) is 0.442. The molecule has 0 aliphatic heterocycles. The molecule has 0 aromatic heterocycles. The lowest BCUT2D eigenvalue weighted by molar-refractivity contribution is -0.115. The molecule has 152 valence electrons. The Bertz CT molecular complexity index is 1020. The Morgan fingerprint density at radius 3 is 2.17 bits per heavy atom. The fraction of sp³-hybridized carbons (Fsp3) is 0.120. The van der Waals surface area contributed by atoms with Crippen molar-refractivity contribution in [2.75, 3.05) is 6.61 Å². The highest BCUT2D eigenvalue weighted by Crippen LogP contribution is 2.21. The molecule has 0 unspecified atom stereocenters. The van der Waals surface area contributed by atoms with Gasteiger partial charge in [0.25, 0.3) is 5.91 Å². The van der Waals surface area contributed by atoms with Crippen LogP contribution < -0.4 is 15.8 Å². The van der Waals surface area contributed by atoms with Gasteiger partial charge in [-0.1, -0.05) is 54.6 Å². The molecule has 0 spiro atoms. The van der Waals surface area contributed by atoms with Gasteiger partial charge in [-0.2, -0.15) is 0 Å². The van der Waals surface area contributed by atoms with Gasteiger partial charge in [0.15, 0.2) is 0 Å². The van der Waals surface area contributed by atoms with E-state index in [1.807, 2.05) is 67.6 Å². The number of hydrogen-bond donors (Lipinski definition) is 2. The van der Waals surface area contributed by atoms with E-state index in [9.17, 15) is 9.59 Å². The number of primary amides is 1. The van der Waals surface area contributed by atoms with Gasteiger partial charge in [-0.15, -0.1) is 0 Å². The van der Waals surface area contributed by atoms with E-state index in [1.54, 1.807) is 24.3 Å². The van der Waals surface area contributed by atoms with Gasteiger partial charge in [0.05, 0.1) is 6.61 Å². The highest BCUT2D eigenvalue weighted by Gasteiger charge is 2.12. The Morgan fingerprint density at radius 1 is 0.900 bits per heavy atom. The maximum Gasteiger partial charge on any atom is 0.252 e. The van der Waals surface area contributed by atoms with E-state index in [4.69, 9.17) is 10.5 Å². The minimum atomic E-state index is -0.477. The van der Waals surface area contributed by atoms with Crippen LogP contribution in [0.5, 0.6) is 5.75 Å². The van der Waals surface area contributed by atoms with Crippen LogP contribution in [-0.4, -0.2) is 18.4 Å². The molecule has 0 radical (unpaired) electrons. The van der Waals surface area contributed by atoms with Crippen LogP contribution in [0.3, 0.4) is 0 Å². The van der Waals surface area contributed by atoms with E-state index < -0.39 is 5.91 Å². The Morgan fingerprint density at radius 2 is 1.57 bits per heavy atom. The molecular weight excluding hydrogens is 376 g/mol. The van der Waals surface area contributed by atoms with Crippen molar-refractivity contribution in [2.45, 2.75) is 13.5 Å². The highest BCUT2D eigenvalue weighted by atomic mass is 16.5. The van der Waals surface area contributed by atoms with Crippen molar-refractivity contribution in [3.63, 3.8) is 0 Å². The Hall–Kier alpha value is -3.86. The first kappa shape index (κ1) is 20.9. The first-order valence-electron chi connectivity index (χ1n) is 9.73. The fourth-order valence-electron chi connectivity index (χ4n) is 2.96. The SMILES string of the molecule is CCOc1ccc(/C=C(/C(=O)NCc2ccc(C(N)=O)cc2)c2ccccc2)cc1. The zero-order valence-electron chi connectivity index (χ0n) is 16.8. The number of ether oxygens (including phenoxy) is 1. The lowest BCUT2D eigenvalue weighted by Crippen LogP contribution is -2.24. The summed E-state index contributed by atoms with van der Waals surface area (Å²) in [6, 6.07) is 24.0.